The molecular formula is C18H22N4OS. The molecule has 6 heteroatoms. The number of pyridine rings is 1. The summed E-state index contributed by atoms with van der Waals surface area (Å²) in [4.78, 5) is 26.9. The Kier molecular flexibility index (Phi) is 4.22. The van der Waals surface area contributed by atoms with Crippen LogP contribution in [0.1, 0.15) is 41.6 Å². The zero-order valence-electron chi connectivity index (χ0n) is 14.0. The molecular weight excluding hydrogens is 320 g/mol. The van der Waals surface area contributed by atoms with Gasteiger partial charge in [0.15, 0.2) is 0 Å². The Morgan fingerprint density at radius 2 is 2.04 bits per heavy atom. The highest BCUT2D eigenvalue weighted by Gasteiger charge is 2.28. The fourth-order valence-electron chi connectivity index (χ4n) is 3.43. The van der Waals surface area contributed by atoms with E-state index in [1.54, 1.807) is 0 Å². The van der Waals surface area contributed by atoms with E-state index in [1.807, 2.05) is 11.1 Å². The number of hydrogen-bond acceptors (Lipinski definition) is 5. The quantitative estimate of drug-likeness (QED) is 0.856. The Hall–Kier alpha value is -1.95. The second-order valence-corrected chi connectivity index (χ2v) is 7.44. The van der Waals surface area contributed by atoms with Crippen LogP contribution in [0.15, 0.2) is 18.3 Å². The first-order valence-electron chi connectivity index (χ1n) is 8.76. The fraction of sp³-hybridized carbons (Fsp3) is 0.500. The SMILES string of the molecule is CCCN1CCc2nc(-c3ccc(N4CCCC4)nc3)sc2C1=O. The molecule has 4 rings (SSSR count). The average molecular weight is 342 g/mol. The molecule has 126 valence electrons. The van der Waals surface area contributed by atoms with Crippen LogP contribution in [0.4, 0.5) is 5.82 Å². The highest BCUT2D eigenvalue weighted by molar-refractivity contribution is 7.17. The molecule has 24 heavy (non-hydrogen) atoms. The van der Waals surface area contributed by atoms with Crippen LogP contribution < -0.4 is 4.90 Å². The minimum atomic E-state index is 0.142. The zero-order chi connectivity index (χ0) is 16.5. The van der Waals surface area contributed by atoms with Crippen molar-refractivity contribution in [3.05, 3.63) is 28.9 Å². The smallest absolute Gasteiger partial charge is 0.265 e. The van der Waals surface area contributed by atoms with E-state index in [0.29, 0.717) is 0 Å². The van der Waals surface area contributed by atoms with Crippen LogP contribution in [0, 0.1) is 0 Å². The summed E-state index contributed by atoms with van der Waals surface area (Å²) in [5, 5.41) is 0.909. The highest BCUT2D eigenvalue weighted by Crippen LogP contribution is 2.32. The Labute approximate surface area is 146 Å². The van der Waals surface area contributed by atoms with Gasteiger partial charge in [-0.05, 0) is 31.4 Å². The van der Waals surface area contributed by atoms with Crippen molar-refractivity contribution in [1.29, 1.82) is 0 Å². The molecule has 0 aliphatic carbocycles. The van der Waals surface area contributed by atoms with Gasteiger partial charge in [-0.1, -0.05) is 6.92 Å². The van der Waals surface area contributed by atoms with Gasteiger partial charge < -0.3 is 9.80 Å². The number of thiazole rings is 1. The van der Waals surface area contributed by atoms with Crippen molar-refractivity contribution in [2.75, 3.05) is 31.1 Å². The number of fused-ring (bicyclic) bond motifs is 1. The van der Waals surface area contributed by atoms with Gasteiger partial charge in [0.25, 0.3) is 5.91 Å². The van der Waals surface area contributed by atoms with E-state index >= 15 is 0 Å². The summed E-state index contributed by atoms with van der Waals surface area (Å²) in [6.07, 6.45) is 6.25. The molecule has 0 aromatic carbocycles. The van der Waals surface area contributed by atoms with Gasteiger partial charge in [0.2, 0.25) is 0 Å². The second-order valence-electron chi connectivity index (χ2n) is 6.44. The van der Waals surface area contributed by atoms with E-state index in [0.717, 1.165) is 66.0 Å². The van der Waals surface area contributed by atoms with Crippen LogP contribution >= 0.6 is 11.3 Å². The first kappa shape index (κ1) is 15.6. The summed E-state index contributed by atoms with van der Waals surface area (Å²) in [7, 11) is 0. The maximum atomic E-state index is 12.6. The van der Waals surface area contributed by atoms with E-state index in [2.05, 4.69) is 28.9 Å². The third-order valence-electron chi connectivity index (χ3n) is 4.72. The third kappa shape index (κ3) is 2.79. The molecule has 1 saturated heterocycles. The standard InChI is InChI=1S/C18H22N4OS/c1-2-8-22-11-7-14-16(18(22)23)24-17(20-14)13-5-6-15(19-12-13)21-9-3-4-10-21/h5-6,12H,2-4,7-11H2,1H3. The van der Waals surface area contributed by atoms with Crippen LogP contribution in [-0.4, -0.2) is 47.0 Å². The number of carbonyl (C=O) groups is 1. The maximum Gasteiger partial charge on any atom is 0.265 e. The number of rotatable bonds is 4. The van der Waals surface area contributed by atoms with Crippen molar-refractivity contribution in [1.82, 2.24) is 14.9 Å². The second kappa shape index (κ2) is 6.51. The number of anilines is 1. The lowest BCUT2D eigenvalue weighted by atomic mass is 10.1. The molecule has 2 aromatic rings. The van der Waals surface area contributed by atoms with E-state index in [9.17, 15) is 4.79 Å². The first-order chi connectivity index (χ1) is 11.8. The average Bonchev–Trinajstić information content (AvgIpc) is 3.27. The summed E-state index contributed by atoms with van der Waals surface area (Å²) in [5.41, 5.74) is 1.96. The summed E-state index contributed by atoms with van der Waals surface area (Å²) in [6.45, 7) is 5.92. The summed E-state index contributed by atoms with van der Waals surface area (Å²) in [6, 6.07) is 4.16. The summed E-state index contributed by atoms with van der Waals surface area (Å²) < 4.78 is 0. The lowest BCUT2D eigenvalue weighted by Gasteiger charge is -2.25. The minimum absolute atomic E-state index is 0.142. The monoisotopic (exact) mass is 342 g/mol. The molecule has 0 unspecified atom stereocenters. The molecule has 4 heterocycles. The highest BCUT2D eigenvalue weighted by atomic mass is 32.1. The van der Waals surface area contributed by atoms with E-state index in [-0.39, 0.29) is 5.91 Å². The molecule has 1 amide bonds. The molecule has 0 N–H and O–H groups in total. The van der Waals surface area contributed by atoms with Crippen molar-refractivity contribution < 1.29 is 4.79 Å². The Morgan fingerprint density at radius 1 is 1.21 bits per heavy atom. The maximum absolute atomic E-state index is 12.6. The molecule has 0 radical (unpaired) electrons. The molecule has 0 saturated carbocycles. The van der Waals surface area contributed by atoms with Gasteiger partial charge in [-0.3, -0.25) is 4.79 Å². The number of amides is 1. The molecule has 0 bridgehead atoms. The van der Waals surface area contributed by atoms with Crippen molar-refractivity contribution in [2.24, 2.45) is 0 Å². The van der Waals surface area contributed by atoms with Crippen LogP contribution in [-0.2, 0) is 6.42 Å². The number of carbonyl (C=O) groups excluding carboxylic acids is 1. The Balaban J connectivity index is 1.57. The van der Waals surface area contributed by atoms with Gasteiger partial charge in [-0.15, -0.1) is 11.3 Å². The van der Waals surface area contributed by atoms with Crippen molar-refractivity contribution in [2.45, 2.75) is 32.6 Å². The number of aromatic nitrogens is 2. The van der Waals surface area contributed by atoms with Crippen LogP contribution in [0.25, 0.3) is 10.6 Å². The largest absolute Gasteiger partial charge is 0.357 e. The molecule has 2 aliphatic heterocycles. The summed E-state index contributed by atoms with van der Waals surface area (Å²) >= 11 is 1.51. The Bertz CT molecular complexity index is 734. The molecule has 2 aromatic heterocycles. The van der Waals surface area contributed by atoms with E-state index in [1.165, 1.54) is 24.2 Å². The van der Waals surface area contributed by atoms with Crippen molar-refractivity contribution >= 4 is 23.1 Å². The van der Waals surface area contributed by atoms with Gasteiger partial charge in [0, 0.05) is 44.4 Å². The lowest BCUT2D eigenvalue weighted by Crippen LogP contribution is -2.37. The molecule has 2 aliphatic rings. The first-order valence-corrected chi connectivity index (χ1v) is 9.58. The van der Waals surface area contributed by atoms with Gasteiger partial charge in [0.1, 0.15) is 15.7 Å². The predicted molar refractivity (Wildman–Crippen MR) is 96.7 cm³/mol. The molecule has 1 fully saturated rings. The van der Waals surface area contributed by atoms with Gasteiger partial charge in [0.05, 0.1) is 5.69 Å². The normalized spacial score (nSPS) is 17.5. The number of nitrogens with zero attached hydrogens (tertiary/aromatic N) is 4. The zero-order valence-corrected chi connectivity index (χ0v) is 14.8. The number of hydrogen-bond donors (Lipinski definition) is 0. The van der Waals surface area contributed by atoms with Crippen LogP contribution in [0.2, 0.25) is 0 Å². The van der Waals surface area contributed by atoms with Crippen LogP contribution in [0.5, 0.6) is 0 Å². The van der Waals surface area contributed by atoms with Gasteiger partial charge in [-0.25, -0.2) is 9.97 Å². The van der Waals surface area contributed by atoms with Crippen molar-refractivity contribution in [3.8, 4) is 10.6 Å². The molecule has 0 spiro atoms. The fourth-order valence-corrected chi connectivity index (χ4v) is 4.50. The van der Waals surface area contributed by atoms with E-state index < -0.39 is 0 Å². The van der Waals surface area contributed by atoms with Gasteiger partial charge in [-0.2, -0.15) is 0 Å². The Morgan fingerprint density at radius 3 is 2.75 bits per heavy atom. The molecule has 0 atom stereocenters. The van der Waals surface area contributed by atoms with Crippen molar-refractivity contribution in [3.63, 3.8) is 0 Å². The third-order valence-corrected chi connectivity index (χ3v) is 5.85. The van der Waals surface area contributed by atoms with E-state index in [4.69, 9.17) is 4.98 Å². The minimum Gasteiger partial charge on any atom is -0.357 e. The topological polar surface area (TPSA) is 49.3 Å². The predicted octanol–water partition coefficient (Wildman–Crippen LogP) is 3.21. The van der Waals surface area contributed by atoms with Gasteiger partial charge >= 0.3 is 0 Å². The molecule has 5 nitrogen and oxygen atoms in total. The van der Waals surface area contributed by atoms with Crippen LogP contribution in [0.3, 0.4) is 0 Å². The lowest BCUT2D eigenvalue weighted by molar-refractivity contribution is 0.0744. The summed E-state index contributed by atoms with van der Waals surface area (Å²) in [5.74, 6) is 1.19.